The first-order valence-electron chi connectivity index (χ1n) is 11.7. The highest BCUT2D eigenvalue weighted by Gasteiger charge is 2.27. The number of aromatic amines is 1. The molecule has 5 rings (SSSR count). The molecular formula is C28H33N3O. The monoisotopic (exact) mass is 427 g/mol. The van der Waals surface area contributed by atoms with E-state index < -0.39 is 0 Å². The van der Waals surface area contributed by atoms with Crippen molar-refractivity contribution in [3.8, 4) is 17.1 Å². The number of aromatic nitrogens is 2. The van der Waals surface area contributed by atoms with E-state index in [9.17, 15) is 0 Å². The van der Waals surface area contributed by atoms with Gasteiger partial charge in [0, 0.05) is 23.6 Å². The number of H-pyrrole nitrogens is 1. The standard InChI is InChI=1S/C26H27N3O.C2H6/c1-30-26-22(11-7-15-27-26)25-24(21-10-5-6-12-23(21)28-25)20-13-16-29(17-14-20)18-19-8-3-2-4-9-19;1-2/h2-12,15,20,28H,13-14,16-18H2,1H3;1-2H3. The highest BCUT2D eigenvalue weighted by atomic mass is 16.5. The molecule has 2 aromatic carbocycles. The number of benzene rings is 2. The summed E-state index contributed by atoms with van der Waals surface area (Å²) in [6.45, 7) is 7.26. The Morgan fingerprint density at radius 1 is 0.938 bits per heavy atom. The lowest BCUT2D eigenvalue weighted by Gasteiger charge is -2.32. The molecule has 0 saturated carbocycles. The molecule has 0 atom stereocenters. The minimum atomic E-state index is 0.521. The van der Waals surface area contributed by atoms with Gasteiger partial charge in [-0.15, -0.1) is 0 Å². The molecule has 1 aliphatic rings. The number of hydrogen-bond acceptors (Lipinski definition) is 3. The van der Waals surface area contributed by atoms with Gasteiger partial charge in [0.05, 0.1) is 18.4 Å². The number of piperidine rings is 1. The molecular weight excluding hydrogens is 394 g/mol. The van der Waals surface area contributed by atoms with E-state index in [4.69, 9.17) is 4.74 Å². The third kappa shape index (κ3) is 4.56. The number of ether oxygens (including phenoxy) is 1. The molecule has 1 N–H and O–H groups in total. The maximum Gasteiger partial charge on any atom is 0.222 e. The van der Waals surface area contributed by atoms with E-state index in [-0.39, 0.29) is 0 Å². The van der Waals surface area contributed by atoms with Gasteiger partial charge in [-0.1, -0.05) is 62.4 Å². The third-order valence-electron chi connectivity index (χ3n) is 6.22. The topological polar surface area (TPSA) is 41.1 Å². The fourth-order valence-electron chi connectivity index (χ4n) is 4.77. The Morgan fingerprint density at radius 3 is 2.41 bits per heavy atom. The predicted molar refractivity (Wildman–Crippen MR) is 133 cm³/mol. The van der Waals surface area contributed by atoms with Crippen LogP contribution in [0.5, 0.6) is 5.88 Å². The van der Waals surface area contributed by atoms with Crippen LogP contribution in [0.4, 0.5) is 0 Å². The van der Waals surface area contributed by atoms with Crippen LogP contribution >= 0.6 is 0 Å². The first-order chi connectivity index (χ1) is 15.8. The predicted octanol–water partition coefficient (Wildman–Crippen LogP) is 6.64. The Kier molecular flexibility index (Phi) is 7.23. The zero-order valence-electron chi connectivity index (χ0n) is 19.3. The van der Waals surface area contributed by atoms with Crippen LogP contribution in [-0.4, -0.2) is 35.1 Å². The van der Waals surface area contributed by atoms with Crippen molar-refractivity contribution in [2.24, 2.45) is 0 Å². The summed E-state index contributed by atoms with van der Waals surface area (Å²) < 4.78 is 5.58. The minimum absolute atomic E-state index is 0.521. The van der Waals surface area contributed by atoms with Gasteiger partial charge in [0.25, 0.3) is 0 Å². The van der Waals surface area contributed by atoms with E-state index in [0.717, 1.165) is 43.7 Å². The second-order valence-corrected chi connectivity index (χ2v) is 8.06. The molecule has 4 nitrogen and oxygen atoms in total. The Hall–Kier alpha value is -3.11. The van der Waals surface area contributed by atoms with Crippen molar-refractivity contribution in [1.29, 1.82) is 0 Å². The van der Waals surface area contributed by atoms with Crippen LogP contribution in [0.3, 0.4) is 0 Å². The number of rotatable bonds is 5. The van der Waals surface area contributed by atoms with E-state index in [1.54, 1.807) is 13.3 Å². The van der Waals surface area contributed by atoms with E-state index in [0.29, 0.717) is 11.8 Å². The normalized spacial score (nSPS) is 14.7. The molecule has 32 heavy (non-hydrogen) atoms. The molecule has 4 heteroatoms. The lowest BCUT2D eigenvalue weighted by molar-refractivity contribution is 0.205. The van der Waals surface area contributed by atoms with E-state index >= 15 is 0 Å². The Balaban J connectivity index is 0.00000119. The number of fused-ring (bicyclic) bond motifs is 1. The number of pyridine rings is 1. The molecule has 0 bridgehead atoms. The third-order valence-corrected chi connectivity index (χ3v) is 6.22. The second kappa shape index (κ2) is 10.5. The largest absolute Gasteiger partial charge is 0.481 e. The fraction of sp³-hybridized carbons (Fsp3) is 0.321. The van der Waals surface area contributed by atoms with Crippen molar-refractivity contribution in [2.45, 2.75) is 39.2 Å². The average Bonchev–Trinajstić information content (AvgIpc) is 3.26. The lowest BCUT2D eigenvalue weighted by atomic mass is 9.86. The van der Waals surface area contributed by atoms with Crippen LogP contribution in [0, 0.1) is 0 Å². The highest BCUT2D eigenvalue weighted by Crippen LogP contribution is 2.42. The van der Waals surface area contributed by atoms with Gasteiger partial charge in [0.15, 0.2) is 0 Å². The Bertz CT molecular complexity index is 1130. The van der Waals surface area contributed by atoms with Crippen LogP contribution in [0.1, 0.15) is 43.7 Å². The van der Waals surface area contributed by atoms with Gasteiger partial charge < -0.3 is 9.72 Å². The van der Waals surface area contributed by atoms with Gasteiger partial charge >= 0.3 is 0 Å². The number of hydrogen-bond donors (Lipinski definition) is 1. The van der Waals surface area contributed by atoms with E-state index in [1.165, 1.54) is 22.0 Å². The molecule has 0 spiro atoms. The minimum Gasteiger partial charge on any atom is -0.481 e. The molecule has 166 valence electrons. The molecule has 1 fully saturated rings. The van der Waals surface area contributed by atoms with Crippen molar-refractivity contribution in [3.63, 3.8) is 0 Å². The summed E-state index contributed by atoms with van der Waals surface area (Å²) in [5.74, 6) is 1.19. The van der Waals surface area contributed by atoms with Crippen LogP contribution in [0.2, 0.25) is 0 Å². The molecule has 1 aliphatic heterocycles. The van der Waals surface area contributed by atoms with Gasteiger partial charge in [-0.25, -0.2) is 4.98 Å². The quantitative estimate of drug-likeness (QED) is 0.388. The zero-order valence-corrected chi connectivity index (χ0v) is 19.3. The van der Waals surface area contributed by atoms with Crippen molar-refractivity contribution < 1.29 is 4.74 Å². The summed E-state index contributed by atoms with van der Waals surface area (Å²) in [5, 5.41) is 1.32. The number of nitrogens with one attached hydrogen (secondary N) is 1. The molecule has 1 saturated heterocycles. The molecule has 4 aromatic rings. The zero-order chi connectivity index (χ0) is 22.3. The van der Waals surface area contributed by atoms with Crippen molar-refractivity contribution in [2.75, 3.05) is 20.2 Å². The maximum absolute atomic E-state index is 5.58. The van der Waals surface area contributed by atoms with E-state index in [2.05, 4.69) is 75.5 Å². The van der Waals surface area contributed by atoms with Crippen LogP contribution in [0.15, 0.2) is 72.9 Å². The van der Waals surface area contributed by atoms with Gasteiger partial charge in [0.1, 0.15) is 0 Å². The molecule has 0 amide bonds. The van der Waals surface area contributed by atoms with Crippen LogP contribution < -0.4 is 4.74 Å². The van der Waals surface area contributed by atoms with Gasteiger partial charge in [-0.05, 0) is 61.2 Å². The van der Waals surface area contributed by atoms with Crippen molar-refractivity contribution >= 4 is 10.9 Å². The number of para-hydroxylation sites is 1. The number of nitrogens with zero attached hydrogens (tertiary/aromatic N) is 2. The summed E-state index contributed by atoms with van der Waals surface area (Å²) in [6, 6.07) is 23.5. The SMILES string of the molecule is CC.COc1ncccc1-c1[nH]c2ccccc2c1C1CCN(Cc2ccccc2)CC1. The maximum atomic E-state index is 5.58. The Morgan fingerprint density at radius 2 is 1.66 bits per heavy atom. The highest BCUT2D eigenvalue weighted by molar-refractivity contribution is 5.92. The summed E-state index contributed by atoms with van der Waals surface area (Å²) in [5.41, 5.74) is 6.18. The first kappa shape index (κ1) is 22.1. The van der Waals surface area contributed by atoms with Gasteiger partial charge in [-0.3, -0.25) is 4.90 Å². The molecule has 0 unspecified atom stereocenters. The van der Waals surface area contributed by atoms with Crippen molar-refractivity contribution in [3.05, 3.63) is 84.1 Å². The summed E-state index contributed by atoms with van der Waals surface area (Å²) >= 11 is 0. The lowest BCUT2D eigenvalue weighted by Crippen LogP contribution is -2.32. The van der Waals surface area contributed by atoms with Gasteiger partial charge in [-0.2, -0.15) is 0 Å². The fourth-order valence-corrected chi connectivity index (χ4v) is 4.77. The summed E-state index contributed by atoms with van der Waals surface area (Å²) in [4.78, 5) is 10.7. The summed E-state index contributed by atoms with van der Waals surface area (Å²) in [6.07, 6.45) is 4.10. The van der Waals surface area contributed by atoms with Crippen molar-refractivity contribution in [1.82, 2.24) is 14.9 Å². The smallest absolute Gasteiger partial charge is 0.222 e. The Labute approximate surface area is 191 Å². The molecule has 3 heterocycles. The van der Waals surface area contributed by atoms with E-state index in [1.807, 2.05) is 19.9 Å². The molecule has 0 aliphatic carbocycles. The molecule has 2 aromatic heterocycles. The summed E-state index contributed by atoms with van der Waals surface area (Å²) in [7, 11) is 1.69. The average molecular weight is 428 g/mol. The second-order valence-electron chi connectivity index (χ2n) is 8.06. The van der Waals surface area contributed by atoms with Crippen LogP contribution in [-0.2, 0) is 6.54 Å². The van der Waals surface area contributed by atoms with Crippen LogP contribution in [0.25, 0.3) is 22.2 Å². The molecule has 0 radical (unpaired) electrons. The first-order valence-corrected chi connectivity index (χ1v) is 11.7. The van der Waals surface area contributed by atoms with Gasteiger partial charge in [0.2, 0.25) is 5.88 Å². The number of methoxy groups -OCH3 is 1. The number of likely N-dealkylation sites (tertiary alicyclic amines) is 1.